The Morgan fingerprint density at radius 2 is 1.80 bits per heavy atom. The number of nitrogens with zero attached hydrogens (tertiary/aromatic N) is 3. The SMILES string of the molecule is O=C(c1cnc(NC23CCC4CC(CC(C4)C2)C3)nc1C(F)(F)F)N1CCOCC1. The molecule has 9 heteroatoms. The first kappa shape index (κ1) is 20.0. The molecule has 1 aliphatic heterocycles. The summed E-state index contributed by atoms with van der Waals surface area (Å²) >= 11 is 0. The molecule has 4 aliphatic carbocycles. The number of carbonyl (C=O) groups excluding carboxylic acids is 1. The van der Waals surface area contributed by atoms with Crippen molar-refractivity contribution in [2.75, 3.05) is 31.6 Å². The number of ether oxygens (including phenoxy) is 1. The minimum atomic E-state index is -4.73. The number of alkyl halides is 3. The van der Waals surface area contributed by atoms with Crippen LogP contribution in [0.1, 0.15) is 61.0 Å². The molecule has 4 saturated carbocycles. The van der Waals surface area contributed by atoms with Crippen molar-refractivity contribution in [3.63, 3.8) is 0 Å². The summed E-state index contributed by atoms with van der Waals surface area (Å²) < 4.78 is 46.6. The van der Waals surface area contributed by atoms with Gasteiger partial charge in [-0.05, 0) is 62.7 Å². The molecule has 1 amide bonds. The summed E-state index contributed by atoms with van der Waals surface area (Å²) in [6, 6.07) is 0. The number of amides is 1. The topological polar surface area (TPSA) is 67.4 Å². The lowest BCUT2D eigenvalue weighted by atomic mass is 9.65. The largest absolute Gasteiger partial charge is 0.434 e. The third-order valence-electron chi connectivity index (χ3n) is 7.35. The van der Waals surface area contributed by atoms with Gasteiger partial charge < -0.3 is 15.0 Å². The van der Waals surface area contributed by atoms with Crippen LogP contribution in [0, 0.1) is 17.8 Å². The summed E-state index contributed by atoms with van der Waals surface area (Å²) in [4.78, 5) is 22.1. The lowest BCUT2D eigenvalue weighted by molar-refractivity contribution is -0.141. The van der Waals surface area contributed by atoms with Crippen molar-refractivity contribution in [2.45, 2.75) is 56.7 Å². The molecule has 5 aliphatic rings. The molecule has 4 bridgehead atoms. The average Bonchev–Trinajstić information content (AvgIpc) is 2.90. The molecule has 5 fully saturated rings. The van der Waals surface area contributed by atoms with Gasteiger partial charge in [-0.15, -0.1) is 0 Å². The van der Waals surface area contributed by atoms with Crippen LogP contribution in [-0.2, 0) is 10.9 Å². The number of hydrogen-bond donors (Lipinski definition) is 1. The van der Waals surface area contributed by atoms with Gasteiger partial charge in [0, 0.05) is 24.8 Å². The second-order valence-electron chi connectivity index (χ2n) is 9.52. The van der Waals surface area contributed by atoms with Crippen LogP contribution in [0.15, 0.2) is 6.20 Å². The van der Waals surface area contributed by atoms with Crippen LogP contribution in [0.5, 0.6) is 0 Å². The summed E-state index contributed by atoms with van der Waals surface area (Å²) in [6.45, 7) is 1.17. The van der Waals surface area contributed by atoms with Crippen LogP contribution in [0.2, 0.25) is 0 Å². The van der Waals surface area contributed by atoms with Gasteiger partial charge in [0.2, 0.25) is 5.95 Å². The number of fused-ring (bicyclic) bond motifs is 1. The van der Waals surface area contributed by atoms with E-state index in [9.17, 15) is 18.0 Å². The van der Waals surface area contributed by atoms with Crippen LogP contribution in [0.3, 0.4) is 0 Å². The maximum Gasteiger partial charge on any atom is 0.434 e. The van der Waals surface area contributed by atoms with E-state index in [2.05, 4.69) is 15.3 Å². The fourth-order valence-corrected chi connectivity index (χ4v) is 6.30. The Kier molecular flexibility index (Phi) is 4.91. The summed E-state index contributed by atoms with van der Waals surface area (Å²) in [5.74, 6) is 1.33. The molecule has 0 radical (unpaired) electrons. The van der Waals surface area contributed by atoms with Gasteiger partial charge in [0.25, 0.3) is 5.91 Å². The summed E-state index contributed by atoms with van der Waals surface area (Å²) in [6.07, 6.45) is 4.03. The van der Waals surface area contributed by atoms with E-state index in [1.54, 1.807) is 0 Å². The highest BCUT2D eigenvalue weighted by atomic mass is 19.4. The zero-order valence-electron chi connectivity index (χ0n) is 16.9. The minimum Gasteiger partial charge on any atom is -0.378 e. The monoisotopic (exact) mass is 424 g/mol. The summed E-state index contributed by atoms with van der Waals surface area (Å²) in [5, 5.41) is 3.31. The third-order valence-corrected chi connectivity index (χ3v) is 7.35. The van der Waals surface area contributed by atoms with Gasteiger partial charge in [0.1, 0.15) is 0 Å². The number of nitrogens with one attached hydrogen (secondary N) is 1. The van der Waals surface area contributed by atoms with Crippen molar-refractivity contribution < 1.29 is 22.7 Å². The van der Waals surface area contributed by atoms with E-state index in [-0.39, 0.29) is 24.6 Å². The number of aromatic nitrogens is 2. The molecule has 2 unspecified atom stereocenters. The van der Waals surface area contributed by atoms with E-state index in [0.29, 0.717) is 25.0 Å². The molecule has 0 aromatic carbocycles. The molecule has 6 rings (SSSR count). The van der Waals surface area contributed by atoms with Crippen molar-refractivity contribution in [1.29, 1.82) is 0 Å². The molecule has 1 saturated heterocycles. The highest BCUT2D eigenvalue weighted by Gasteiger charge is 2.48. The van der Waals surface area contributed by atoms with E-state index < -0.39 is 23.3 Å². The first-order valence-corrected chi connectivity index (χ1v) is 10.9. The van der Waals surface area contributed by atoms with Gasteiger partial charge in [0.05, 0.1) is 18.8 Å². The summed E-state index contributed by atoms with van der Waals surface area (Å²) in [5.41, 5.74) is -1.87. The number of rotatable bonds is 3. The molecular formula is C21H27F3N4O2. The van der Waals surface area contributed by atoms with Gasteiger partial charge in [-0.1, -0.05) is 0 Å². The lowest BCUT2D eigenvalue weighted by Crippen LogP contribution is -2.46. The Morgan fingerprint density at radius 3 is 2.47 bits per heavy atom. The van der Waals surface area contributed by atoms with Gasteiger partial charge in [0.15, 0.2) is 5.69 Å². The predicted molar refractivity (Wildman–Crippen MR) is 103 cm³/mol. The quantitative estimate of drug-likeness (QED) is 0.801. The lowest BCUT2D eigenvalue weighted by Gasteiger charge is -2.45. The predicted octanol–water partition coefficient (Wildman–Crippen LogP) is 3.74. The second kappa shape index (κ2) is 7.35. The maximum absolute atomic E-state index is 13.8. The van der Waals surface area contributed by atoms with Gasteiger partial charge in [-0.2, -0.15) is 13.2 Å². The molecule has 1 aromatic rings. The number of halogens is 3. The zero-order chi connectivity index (χ0) is 20.9. The van der Waals surface area contributed by atoms with Crippen molar-refractivity contribution in [2.24, 2.45) is 17.8 Å². The van der Waals surface area contributed by atoms with Crippen molar-refractivity contribution in [3.05, 3.63) is 17.5 Å². The smallest absolute Gasteiger partial charge is 0.378 e. The third kappa shape index (κ3) is 3.76. The van der Waals surface area contributed by atoms with Crippen LogP contribution in [0.25, 0.3) is 0 Å². The van der Waals surface area contributed by atoms with Crippen LogP contribution in [0.4, 0.5) is 19.1 Å². The number of hydrogen-bond acceptors (Lipinski definition) is 5. The zero-order valence-corrected chi connectivity index (χ0v) is 16.9. The highest BCUT2D eigenvalue weighted by Crippen LogP contribution is 2.53. The first-order chi connectivity index (χ1) is 14.3. The maximum atomic E-state index is 13.8. The van der Waals surface area contributed by atoms with Crippen LogP contribution in [-0.4, -0.2) is 52.6 Å². The van der Waals surface area contributed by atoms with Crippen LogP contribution < -0.4 is 5.32 Å². The molecule has 0 spiro atoms. The van der Waals surface area contributed by atoms with Gasteiger partial charge >= 0.3 is 6.18 Å². The normalized spacial score (nSPS) is 33.4. The molecule has 2 heterocycles. The van der Waals surface area contributed by atoms with E-state index in [1.165, 1.54) is 24.2 Å². The first-order valence-electron chi connectivity index (χ1n) is 10.9. The van der Waals surface area contributed by atoms with Crippen molar-refractivity contribution in [3.8, 4) is 0 Å². The molecule has 1 aromatic heterocycles. The van der Waals surface area contributed by atoms with Crippen LogP contribution >= 0.6 is 0 Å². The number of carbonyl (C=O) groups is 1. The van der Waals surface area contributed by atoms with E-state index >= 15 is 0 Å². The molecule has 6 nitrogen and oxygen atoms in total. The van der Waals surface area contributed by atoms with Gasteiger partial charge in [-0.3, -0.25) is 4.79 Å². The van der Waals surface area contributed by atoms with E-state index in [1.807, 2.05) is 0 Å². The Balaban J connectivity index is 1.43. The number of morpholine rings is 1. The molecule has 2 atom stereocenters. The Bertz CT molecular complexity index is 811. The van der Waals surface area contributed by atoms with Crippen molar-refractivity contribution in [1.82, 2.24) is 14.9 Å². The molecule has 1 N–H and O–H groups in total. The fraction of sp³-hybridized carbons (Fsp3) is 0.762. The van der Waals surface area contributed by atoms with E-state index in [4.69, 9.17) is 4.74 Å². The standard InChI is InChI=1S/C21H27F3N4O2/c22-21(23,24)17-16(18(29)28-3-5-30-6-4-28)12-25-19(26-17)27-20-2-1-13-7-14(10-20)9-15(8-13)11-20/h12-15H,1-11H2,(H,25,26,27). The molecule has 30 heavy (non-hydrogen) atoms. The van der Waals surface area contributed by atoms with E-state index in [0.717, 1.165) is 37.8 Å². The Hall–Kier alpha value is -1.90. The second-order valence-corrected chi connectivity index (χ2v) is 9.52. The summed E-state index contributed by atoms with van der Waals surface area (Å²) in [7, 11) is 0. The molecular weight excluding hydrogens is 397 g/mol. The number of anilines is 1. The highest BCUT2D eigenvalue weighted by molar-refractivity contribution is 5.95. The molecule has 164 valence electrons. The van der Waals surface area contributed by atoms with Gasteiger partial charge in [-0.25, -0.2) is 9.97 Å². The average molecular weight is 424 g/mol. The fourth-order valence-electron chi connectivity index (χ4n) is 6.30. The minimum absolute atomic E-state index is 0.0133. The van der Waals surface area contributed by atoms with Crippen molar-refractivity contribution >= 4 is 11.9 Å². The Morgan fingerprint density at radius 1 is 1.13 bits per heavy atom. The Labute approximate surface area is 173 Å².